The highest BCUT2D eigenvalue weighted by atomic mass is 16.3. The second-order valence-electron chi connectivity index (χ2n) is 3.00. The summed E-state index contributed by atoms with van der Waals surface area (Å²) in [7, 11) is 0. The van der Waals surface area contributed by atoms with Crippen LogP contribution >= 0.6 is 0 Å². The van der Waals surface area contributed by atoms with E-state index in [-0.39, 0.29) is 24.6 Å². The van der Waals surface area contributed by atoms with E-state index in [0.29, 0.717) is 0 Å². The Balaban J connectivity index is 3.69. The number of hydrogen-bond acceptors (Lipinski definition) is 2. The molecule has 0 bridgehead atoms. The summed E-state index contributed by atoms with van der Waals surface area (Å²) in [4.78, 5) is 0. The van der Waals surface area contributed by atoms with Crippen molar-refractivity contribution in [2.75, 3.05) is 6.61 Å². The van der Waals surface area contributed by atoms with E-state index in [1.54, 1.807) is 0 Å². The summed E-state index contributed by atoms with van der Waals surface area (Å²) in [6.45, 7) is 6.14. The quantitative estimate of drug-likeness (QED) is 0.583. The lowest BCUT2D eigenvalue weighted by Crippen LogP contribution is -2.39. The van der Waals surface area contributed by atoms with E-state index in [0.717, 1.165) is 0 Å². The molecular weight excluding hydrogens is 138 g/mol. The van der Waals surface area contributed by atoms with E-state index in [9.17, 15) is 0 Å². The topological polar surface area (TPSA) is 32.3 Å². The summed E-state index contributed by atoms with van der Waals surface area (Å²) < 4.78 is 0. The minimum absolute atomic E-state index is 0.0824. The van der Waals surface area contributed by atoms with Crippen LogP contribution in [0.25, 0.3) is 0 Å². The third-order valence-electron chi connectivity index (χ3n) is 1.90. The Kier molecular flexibility index (Phi) is 4.93. The third kappa shape index (κ3) is 4.02. The molecule has 0 saturated heterocycles. The Morgan fingerprint density at radius 2 is 2.00 bits per heavy atom. The monoisotopic (exact) mass is 155 g/mol. The van der Waals surface area contributed by atoms with Gasteiger partial charge in [0.1, 0.15) is 0 Å². The van der Waals surface area contributed by atoms with Crippen LogP contribution in [-0.4, -0.2) is 23.8 Å². The number of rotatable bonds is 4. The zero-order chi connectivity index (χ0) is 8.85. The van der Waals surface area contributed by atoms with E-state index in [1.165, 1.54) is 0 Å². The maximum Gasteiger partial charge on any atom is 0.0660 e. The van der Waals surface area contributed by atoms with Gasteiger partial charge in [0.15, 0.2) is 0 Å². The van der Waals surface area contributed by atoms with Crippen molar-refractivity contribution in [3.63, 3.8) is 0 Å². The molecule has 2 nitrogen and oxygen atoms in total. The van der Waals surface area contributed by atoms with Gasteiger partial charge in [0.25, 0.3) is 0 Å². The van der Waals surface area contributed by atoms with Gasteiger partial charge in [-0.2, -0.15) is 0 Å². The summed E-state index contributed by atoms with van der Waals surface area (Å²) in [5.74, 6) is 2.84. The predicted octanol–water partition coefficient (Wildman–Crippen LogP) is 0.615. The Morgan fingerprint density at radius 1 is 1.45 bits per heavy atom. The SMILES string of the molecule is C#CC(C)NC(C)C(C)CO. The summed E-state index contributed by atoms with van der Waals surface area (Å²) >= 11 is 0. The molecule has 64 valence electrons. The molecule has 0 heterocycles. The lowest BCUT2D eigenvalue weighted by molar-refractivity contribution is 0.205. The van der Waals surface area contributed by atoms with Crippen LogP contribution in [0.15, 0.2) is 0 Å². The highest BCUT2D eigenvalue weighted by Crippen LogP contribution is 2.01. The van der Waals surface area contributed by atoms with Crippen molar-refractivity contribution in [1.82, 2.24) is 5.32 Å². The van der Waals surface area contributed by atoms with Gasteiger partial charge in [0, 0.05) is 12.6 Å². The Bertz CT molecular complexity index is 139. The van der Waals surface area contributed by atoms with Crippen LogP contribution in [0.1, 0.15) is 20.8 Å². The van der Waals surface area contributed by atoms with Gasteiger partial charge in [-0.15, -0.1) is 6.42 Å². The van der Waals surface area contributed by atoms with Gasteiger partial charge in [-0.3, -0.25) is 0 Å². The molecule has 0 aliphatic heterocycles. The van der Waals surface area contributed by atoms with Crippen LogP contribution in [-0.2, 0) is 0 Å². The molecule has 3 atom stereocenters. The first-order chi connectivity index (χ1) is 5.11. The number of nitrogens with one attached hydrogen (secondary N) is 1. The molecule has 0 amide bonds. The van der Waals surface area contributed by atoms with Crippen molar-refractivity contribution in [1.29, 1.82) is 0 Å². The number of aliphatic hydroxyl groups excluding tert-OH is 1. The minimum atomic E-state index is 0.0824. The van der Waals surface area contributed by atoms with Crippen LogP contribution in [0, 0.1) is 18.3 Å². The first kappa shape index (κ1) is 10.5. The van der Waals surface area contributed by atoms with Gasteiger partial charge in [-0.1, -0.05) is 12.8 Å². The van der Waals surface area contributed by atoms with E-state index in [1.807, 2.05) is 20.8 Å². The number of aliphatic hydroxyl groups is 1. The van der Waals surface area contributed by atoms with Crippen molar-refractivity contribution in [2.45, 2.75) is 32.9 Å². The van der Waals surface area contributed by atoms with Gasteiger partial charge in [0.05, 0.1) is 6.04 Å². The largest absolute Gasteiger partial charge is 0.396 e. The van der Waals surface area contributed by atoms with E-state index in [2.05, 4.69) is 11.2 Å². The zero-order valence-electron chi connectivity index (χ0n) is 7.46. The summed E-state index contributed by atoms with van der Waals surface area (Å²) in [6, 6.07) is 0.352. The van der Waals surface area contributed by atoms with Crippen LogP contribution in [0.5, 0.6) is 0 Å². The molecule has 2 N–H and O–H groups in total. The first-order valence-electron chi connectivity index (χ1n) is 3.94. The first-order valence-corrected chi connectivity index (χ1v) is 3.94. The van der Waals surface area contributed by atoms with Crippen LogP contribution in [0.3, 0.4) is 0 Å². The molecule has 11 heavy (non-hydrogen) atoms. The molecule has 0 saturated carbocycles. The molecule has 0 aromatic heterocycles. The number of hydrogen-bond donors (Lipinski definition) is 2. The minimum Gasteiger partial charge on any atom is -0.396 e. The smallest absolute Gasteiger partial charge is 0.0660 e. The highest BCUT2D eigenvalue weighted by molar-refractivity contribution is 4.96. The normalized spacial score (nSPS) is 18.5. The predicted molar refractivity (Wildman–Crippen MR) is 47.1 cm³/mol. The molecule has 0 aliphatic carbocycles. The average molecular weight is 155 g/mol. The molecule has 2 heteroatoms. The van der Waals surface area contributed by atoms with Gasteiger partial charge in [-0.05, 0) is 19.8 Å². The highest BCUT2D eigenvalue weighted by Gasteiger charge is 2.11. The molecule has 0 aromatic carbocycles. The average Bonchev–Trinajstić information content (AvgIpc) is 2.02. The van der Waals surface area contributed by atoms with Gasteiger partial charge < -0.3 is 10.4 Å². The zero-order valence-corrected chi connectivity index (χ0v) is 7.46. The van der Waals surface area contributed by atoms with Crippen molar-refractivity contribution >= 4 is 0 Å². The van der Waals surface area contributed by atoms with Crippen LogP contribution in [0.2, 0.25) is 0 Å². The fraction of sp³-hybridized carbons (Fsp3) is 0.778. The van der Waals surface area contributed by atoms with Gasteiger partial charge in [-0.25, -0.2) is 0 Å². The second kappa shape index (κ2) is 5.17. The fourth-order valence-corrected chi connectivity index (χ4v) is 0.765. The third-order valence-corrected chi connectivity index (χ3v) is 1.90. The fourth-order valence-electron chi connectivity index (χ4n) is 0.765. The van der Waals surface area contributed by atoms with Crippen molar-refractivity contribution < 1.29 is 5.11 Å². The van der Waals surface area contributed by atoms with Gasteiger partial charge in [0.2, 0.25) is 0 Å². The molecular formula is C9H17NO. The lowest BCUT2D eigenvalue weighted by atomic mass is 10.0. The summed E-state index contributed by atoms with van der Waals surface area (Å²) in [6.07, 6.45) is 5.19. The molecule has 0 fully saturated rings. The molecule has 0 aliphatic rings. The summed E-state index contributed by atoms with van der Waals surface area (Å²) in [5.41, 5.74) is 0. The van der Waals surface area contributed by atoms with Gasteiger partial charge >= 0.3 is 0 Å². The second-order valence-corrected chi connectivity index (χ2v) is 3.00. The maximum absolute atomic E-state index is 8.80. The van der Waals surface area contributed by atoms with Crippen LogP contribution in [0.4, 0.5) is 0 Å². The molecule has 0 rings (SSSR count). The maximum atomic E-state index is 8.80. The van der Waals surface area contributed by atoms with E-state index < -0.39 is 0 Å². The molecule has 3 unspecified atom stereocenters. The summed E-state index contributed by atoms with van der Waals surface area (Å²) in [5, 5.41) is 12.0. The van der Waals surface area contributed by atoms with Crippen molar-refractivity contribution in [2.24, 2.45) is 5.92 Å². The standard InChI is InChI=1S/C9H17NO/c1-5-8(3)10-9(4)7(2)6-11/h1,7-11H,6H2,2-4H3. The van der Waals surface area contributed by atoms with Crippen LogP contribution < -0.4 is 5.32 Å². The lowest BCUT2D eigenvalue weighted by Gasteiger charge is -2.20. The Morgan fingerprint density at radius 3 is 2.36 bits per heavy atom. The molecule has 0 aromatic rings. The number of terminal acetylenes is 1. The Labute approximate surface area is 69.0 Å². The molecule has 0 spiro atoms. The van der Waals surface area contributed by atoms with Crippen molar-refractivity contribution in [3.8, 4) is 12.3 Å². The Hall–Kier alpha value is -0.520. The van der Waals surface area contributed by atoms with Crippen molar-refractivity contribution in [3.05, 3.63) is 0 Å². The van der Waals surface area contributed by atoms with E-state index >= 15 is 0 Å². The molecule has 0 radical (unpaired) electrons. The van der Waals surface area contributed by atoms with E-state index in [4.69, 9.17) is 11.5 Å².